The molecular formula is C7H4BrN3O3. The maximum Gasteiger partial charge on any atom is 0.339 e. The van der Waals surface area contributed by atoms with Gasteiger partial charge in [0.1, 0.15) is 11.2 Å². The quantitative estimate of drug-likeness (QED) is 0.701. The van der Waals surface area contributed by atoms with E-state index in [0.717, 1.165) is 0 Å². The van der Waals surface area contributed by atoms with Crippen molar-refractivity contribution >= 4 is 32.9 Å². The zero-order chi connectivity index (χ0) is 10.3. The number of fused-ring (bicyclic) bond motifs is 1. The first-order valence-electron chi connectivity index (χ1n) is 3.59. The first kappa shape index (κ1) is 8.95. The lowest BCUT2D eigenvalue weighted by atomic mass is 10.2. The highest BCUT2D eigenvalue weighted by atomic mass is 79.9. The number of H-pyrrole nitrogens is 2. The van der Waals surface area contributed by atoms with Gasteiger partial charge >= 0.3 is 5.97 Å². The second-order valence-electron chi connectivity index (χ2n) is 2.57. The molecule has 0 bridgehead atoms. The molecule has 0 aromatic carbocycles. The van der Waals surface area contributed by atoms with Gasteiger partial charge in [-0.1, -0.05) is 0 Å². The van der Waals surface area contributed by atoms with E-state index in [2.05, 4.69) is 30.9 Å². The van der Waals surface area contributed by atoms with E-state index in [9.17, 15) is 9.59 Å². The summed E-state index contributed by atoms with van der Waals surface area (Å²) in [6, 6.07) is 0. The highest BCUT2D eigenvalue weighted by Crippen LogP contribution is 2.21. The molecule has 0 saturated carbocycles. The number of carboxylic acids is 1. The minimum absolute atomic E-state index is 0.0480. The third-order valence-corrected chi connectivity index (χ3v) is 2.36. The van der Waals surface area contributed by atoms with Crippen molar-refractivity contribution in [3.8, 4) is 0 Å². The smallest absolute Gasteiger partial charge is 0.339 e. The number of aromatic amines is 2. The molecule has 7 heteroatoms. The van der Waals surface area contributed by atoms with Crippen molar-refractivity contribution in [1.82, 2.24) is 15.0 Å². The zero-order valence-electron chi connectivity index (χ0n) is 6.67. The predicted octanol–water partition coefficient (Wildman–Crippen LogP) is 0.712. The van der Waals surface area contributed by atoms with Gasteiger partial charge in [-0.3, -0.25) is 4.79 Å². The van der Waals surface area contributed by atoms with E-state index >= 15 is 0 Å². The molecule has 2 heterocycles. The predicted molar refractivity (Wildman–Crippen MR) is 51.4 cm³/mol. The maximum absolute atomic E-state index is 11.3. The Morgan fingerprint density at radius 1 is 1.57 bits per heavy atom. The fraction of sp³-hybridized carbons (Fsp3) is 0. The van der Waals surface area contributed by atoms with E-state index in [4.69, 9.17) is 5.11 Å². The van der Waals surface area contributed by atoms with Crippen molar-refractivity contribution < 1.29 is 9.90 Å². The number of hydrogen-bond donors (Lipinski definition) is 3. The van der Waals surface area contributed by atoms with Crippen molar-refractivity contribution in [2.24, 2.45) is 0 Å². The Bertz CT molecular complexity index is 571. The van der Waals surface area contributed by atoms with E-state index in [0.29, 0.717) is 0 Å². The molecule has 0 aliphatic heterocycles. The normalized spacial score (nSPS) is 10.6. The topological polar surface area (TPSA) is 98.8 Å². The summed E-state index contributed by atoms with van der Waals surface area (Å²) in [6.45, 7) is 0. The number of carbonyl (C=O) groups is 1. The fourth-order valence-electron chi connectivity index (χ4n) is 1.20. The minimum Gasteiger partial charge on any atom is -0.478 e. The summed E-state index contributed by atoms with van der Waals surface area (Å²) < 4.78 is 0.240. The lowest BCUT2D eigenvalue weighted by Gasteiger charge is -1.89. The zero-order valence-corrected chi connectivity index (χ0v) is 8.25. The average molecular weight is 258 g/mol. The van der Waals surface area contributed by atoms with Crippen LogP contribution in [0.1, 0.15) is 10.4 Å². The van der Waals surface area contributed by atoms with Crippen LogP contribution in [-0.2, 0) is 0 Å². The maximum atomic E-state index is 11.3. The molecular weight excluding hydrogens is 254 g/mol. The number of nitrogens with zero attached hydrogens (tertiary/aromatic N) is 1. The van der Waals surface area contributed by atoms with Crippen LogP contribution < -0.4 is 5.56 Å². The van der Waals surface area contributed by atoms with Gasteiger partial charge in [0.25, 0.3) is 5.56 Å². The Labute approximate surface area is 85.1 Å². The fourth-order valence-corrected chi connectivity index (χ4v) is 1.76. The van der Waals surface area contributed by atoms with Crippen molar-refractivity contribution in [1.29, 1.82) is 0 Å². The SMILES string of the molecule is O=C(O)c1c(Br)[nH]c2nc[nH]c(=O)c12. The van der Waals surface area contributed by atoms with Crippen LogP contribution in [0.5, 0.6) is 0 Å². The molecule has 14 heavy (non-hydrogen) atoms. The van der Waals surface area contributed by atoms with Gasteiger partial charge in [-0.05, 0) is 15.9 Å². The number of aromatic nitrogens is 3. The number of halogens is 1. The molecule has 0 spiro atoms. The second-order valence-corrected chi connectivity index (χ2v) is 3.37. The number of hydrogen-bond acceptors (Lipinski definition) is 3. The van der Waals surface area contributed by atoms with Crippen LogP contribution in [0.15, 0.2) is 15.7 Å². The van der Waals surface area contributed by atoms with Crippen LogP contribution in [-0.4, -0.2) is 26.0 Å². The highest BCUT2D eigenvalue weighted by Gasteiger charge is 2.19. The summed E-state index contributed by atoms with van der Waals surface area (Å²) >= 11 is 3.02. The number of carboxylic acid groups (broad SMARTS) is 1. The van der Waals surface area contributed by atoms with Crippen LogP contribution >= 0.6 is 15.9 Å². The number of nitrogens with one attached hydrogen (secondary N) is 2. The molecule has 0 unspecified atom stereocenters. The molecule has 0 fully saturated rings. The van der Waals surface area contributed by atoms with Crippen LogP contribution in [0, 0.1) is 0 Å². The van der Waals surface area contributed by atoms with Crippen LogP contribution in [0.3, 0.4) is 0 Å². The minimum atomic E-state index is -1.18. The van der Waals surface area contributed by atoms with Crippen molar-refractivity contribution in [3.05, 3.63) is 26.8 Å². The van der Waals surface area contributed by atoms with Gasteiger partial charge in [0.15, 0.2) is 0 Å². The van der Waals surface area contributed by atoms with Gasteiger partial charge in [-0.25, -0.2) is 9.78 Å². The summed E-state index contributed by atoms with van der Waals surface area (Å²) in [5.41, 5.74) is -0.332. The van der Waals surface area contributed by atoms with E-state index in [-0.39, 0.29) is 21.2 Å². The number of rotatable bonds is 1. The van der Waals surface area contributed by atoms with Crippen molar-refractivity contribution in [2.45, 2.75) is 0 Å². The summed E-state index contributed by atoms with van der Waals surface area (Å²) in [5, 5.41) is 8.89. The second kappa shape index (κ2) is 2.95. The Balaban J connectivity index is 3.01. The molecule has 3 N–H and O–H groups in total. The van der Waals surface area contributed by atoms with E-state index < -0.39 is 11.5 Å². The Kier molecular flexibility index (Phi) is 1.88. The molecule has 2 aromatic heterocycles. The van der Waals surface area contributed by atoms with Gasteiger partial charge in [0.2, 0.25) is 0 Å². The monoisotopic (exact) mass is 257 g/mol. The number of aromatic carboxylic acids is 1. The molecule has 6 nitrogen and oxygen atoms in total. The molecule has 0 saturated heterocycles. The molecule has 0 aliphatic rings. The van der Waals surface area contributed by atoms with Crippen LogP contribution in [0.25, 0.3) is 11.0 Å². The average Bonchev–Trinajstić information content (AvgIpc) is 2.42. The molecule has 72 valence electrons. The summed E-state index contributed by atoms with van der Waals surface area (Å²) in [7, 11) is 0. The van der Waals surface area contributed by atoms with Gasteiger partial charge in [-0.2, -0.15) is 0 Å². The van der Waals surface area contributed by atoms with Crippen molar-refractivity contribution in [3.63, 3.8) is 0 Å². The third kappa shape index (κ3) is 1.13. The summed E-state index contributed by atoms with van der Waals surface area (Å²) in [6.07, 6.45) is 1.21. The standard InChI is InChI=1S/C7H4BrN3O3/c8-4-2(7(13)14)3-5(11-4)9-1-10-6(3)12/h1H,(H,13,14)(H2,9,10,11,12). The molecule has 0 aliphatic carbocycles. The van der Waals surface area contributed by atoms with Gasteiger partial charge in [-0.15, -0.1) is 0 Å². The van der Waals surface area contributed by atoms with Crippen LogP contribution in [0.4, 0.5) is 0 Å². The van der Waals surface area contributed by atoms with Gasteiger partial charge in [0.05, 0.1) is 16.3 Å². The Morgan fingerprint density at radius 3 is 2.93 bits per heavy atom. The molecule has 0 atom stereocenters. The van der Waals surface area contributed by atoms with Gasteiger partial charge in [0, 0.05) is 0 Å². The third-order valence-electron chi connectivity index (χ3n) is 1.76. The molecule has 2 rings (SSSR count). The first-order chi connectivity index (χ1) is 6.61. The van der Waals surface area contributed by atoms with E-state index in [1.54, 1.807) is 0 Å². The lowest BCUT2D eigenvalue weighted by Crippen LogP contribution is -2.09. The summed E-state index contributed by atoms with van der Waals surface area (Å²) in [5.74, 6) is -1.18. The Morgan fingerprint density at radius 2 is 2.29 bits per heavy atom. The molecule has 2 aromatic rings. The van der Waals surface area contributed by atoms with E-state index in [1.807, 2.05) is 0 Å². The lowest BCUT2D eigenvalue weighted by molar-refractivity contribution is 0.0698. The Hall–Kier alpha value is -1.63. The largest absolute Gasteiger partial charge is 0.478 e. The first-order valence-corrected chi connectivity index (χ1v) is 4.38. The molecule has 0 amide bonds. The summed E-state index contributed by atoms with van der Waals surface area (Å²) in [4.78, 5) is 30.9. The van der Waals surface area contributed by atoms with Gasteiger partial charge < -0.3 is 15.1 Å². The van der Waals surface area contributed by atoms with E-state index in [1.165, 1.54) is 6.33 Å². The van der Waals surface area contributed by atoms with Crippen molar-refractivity contribution in [2.75, 3.05) is 0 Å². The van der Waals surface area contributed by atoms with Crippen LogP contribution in [0.2, 0.25) is 0 Å². The molecule has 0 radical (unpaired) electrons. The highest BCUT2D eigenvalue weighted by molar-refractivity contribution is 9.10.